The molecule has 0 atom stereocenters. The predicted octanol–water partition coefficient (Wildman–Crippen LogP) is -0.676. The van der Waals surface area contributed by atoms with Crippen LogP contribution in [0.5, 0.6) is 0 Å². The number of fused-ring (bicyclic) bond motifs is 1. The lowest BCUT2D eigenvalue weighted by molar-refractivity contribution is 0.236. The molecule has 0 saturated carbocycles. The van der Waals surface area contributed by atoms with Crippen LogP contribution in [-0.4, -0.2) is 15.6 Å². The molecule has 1 aromatic heterocycles. The topological polar surface area (TPSA) is 90.4 Å². The van der Waals surface area contributed by atoms with E-state index in [0.717, 1.165) is 0 Å². The molecular weight excluding hydrogens is 220 g/mol. The number of H-pyrrole nitrogens is 2. The van der Waals surface area contributed by atoms with E-state index in [1.807, 2.05) is 27.7 Å². The largest absolute Gasteiger partial charge is 0.327 e. The molecule has 0 radical (unpaired) electrons. The fourth-order valence-electron chi connectivity index (χ4n) is 2.22. The molecule has 1 aliphatic heterocycles. The van der Waals surface area contributed by atoms with Crippen LogP contribution in [0.1, 0.15) is 27.7 Å². The van der Waals surface area contributed by atoms with E-state index >= 15 is 0 Å². The Morgan fingerprint density at radius 2 is 1.59 bits per heavy atom. The summed E-state index contributed by atoms with van der Waals surface area (Å²) < 4.78 is 0. The first-order valence-corrected chi connectivity index (χ1v) is 5.69. The molecule has 17 heavy (non-hydrogen) atoms. The second kappa shape index (κ2) is 3.65. The quantitative estimate of drug-likeness (QED) is 0.712. The van der Waals surface area contributed by atoms with Crippen molar-refractivity contribution in [3.63, 3.8) is 0 Å². The van der Waals surface area contributed by atoms with Gasteiger partial charge in [0, 0.05) is 0 Å². The van der Waals surface area contributed by atoms with E-state index in [-0.39, 0.29) is 17.2 Å². The lowest BCUT2D eigenvalue weighted by Gasteiger charge is -2.31. The highest BCUT2D eigenvalue weighted by molar-refractivity contribution is 5.01. The van der Waals surface area contributed by atoms with Crippen LogP contribution in [0.15, 0.2) is 19.6 Å². The molecule has 92 valence electrons. The maximum atomic E-state index is 11.6. The Morgan fingerprint density at radius 3 is 2.12 bits per heavy atom. The summed E-state index contributed by atoms with van der Waals surface area (Å²) in [6.07, 6.45) is 0. The Labute approximate surface area is 97.5 Å². The Hall–Kier alpha value is -1.72. The van der Waals surface area contributed by atoms with Gasteiger partial charge in [0.25, 0.3) is 5.56 Å². The minimum absolute atomic E-state index is 0.151. The van der Waals surface area contributed by atoms with Gasteiger partial charge in [-0.3, -0.25) is 14.8 Å². The normalized spacial score (nSPS) is 16.8. The zero-order valence-corrected chi connectivity index (χ0v) is 10.4. The third kappa shape index (κ3) is 1.64. The SMILES string of the molecule is CC(C)C1(C(C)C)N=c2[nH]c(=O)[nH]c(=O)c2=N1. The molecule has 6 heteroatoms. The standard InChI is InChI=1S/C11H16N4O2/c1-5(2)11(6(3)4)14-7-8(15-11)12-10(17)13-9(7)16/h5-6H,1-4H3,(H2,12,13,15,16,17). The minimum Gasteiger partial charge on any atom is -0.290 e. The smallest absolute Gasteiger partial charge is 0.290 e. The molecule has 0 unspecified atom stereocenters. The molecule has 0 bridgehead atoms. The van der Waals surface area contributed by atoms with Crippen molar-refractivity contribution in [2.24, 2.45) is 21.8 Å². The Morgan fingerprint density at radius 1 is 1.00 bits per heavy atom. The Bertz CT molecular complexity index is 658. The van der Waals surface area contributed by atoms with Crippen molar-refractivity contribution < 1.29 is 0 Å². The summed E-state index contributed by atoms with van der Waals surface area (Å²) in [5, 5.41) is 0.229. The van der Waals surface area contributed by atoms with Crippen molar-refractivity contribution in [2.75, 3.05) is 0 Å². The number of nitrogens with one attached hydrogen (secondary N) is 2. The summed E-state index contributed by atoms with van der Waals surface area (Å²) in [6, 6.07) is 0. The zero-order chi connectivity index (χ0) is 12.8. The second-order valence-electron chi connectivity index (χ2n) is 4.92. The summed E-state index contributed by atoms with van der Waals surface area (Å²) >= 11 is 0. The fourth-order valence-corrected chi connectivity index (χ4v) is 2.22. The van der Waals surface area contributed by atoms with Crippen LogP contribution in [0, 0.1) is 11.8 Å². The van der Waals surface area contributed by atoms with Gasteiger partial charge in [0.15, 0.2) is 16.5 Å². The van der Waals surface area contributed by atoms with Gasteiger partial charge in [0.2, 0.25) is 0 Å². The Kier molecular flexibility index (Phi) is 2.52. The van der Waals surface area contributed by atoms with Crippen molar-refractivity contribution in [3.05, 3.63) is 31.7 Å². The summed E-state index contributed by atoms with van der Waals surface area (Å²) in [6.45, 7) is 8.02. The van der Waals surface area contributed by atoms with Gasteiger partial charge >= 0.3 is 5.69 Å². The molecule has 2 heterocycles. The first-order valence-electron chi connectivity index (χ1n) is 5.69. The molecule has 2 N–H and O–H groups in total. The van der Waals surface area contributed by atoms with Crippen LogP contribution in [0.25, 0.3) is 0 Å². The molecule has 0 amide bonds. The van der Waals surface area contributed by atoms with Gasteiger partial charge in [-0.05, 0) is 11.8 Å². The van der Waals surface area contributed by atoms with Gasteiger partial charge in [-0.2, -0.15) is 0 Å². The minimum atomic E-state index is -0.653. The van der Waals surface area contributed by atoms with Crippen LogP contribution >= 0.6 is 0 Å². The molecule has 0 fully saturated rings. The first kappa shape index (κ1) is 11.8. The highest BCUT2D eigenvalue weighted by Crippen LogP contribution is 2.31. The average Bonchev–Trinajstić information content (AvgIpc) is 2.58. The number of hydrogen-bond acceptors (Lipinski definition) is 4. The van der Waals surface area contributed by atoms with Gasteiger partial charge < -0.3 is 0 Å². The third-order valence-corrected chi connectivity index (χ3v) is 3.18. The van der Waals surface area contributed by atoms with Gasteiger partial charge in [-0.15, -0.1) is 0 Å². The van der Waals surface area contributed by atoms with Gasteiger partial charge in [0.05, 0.1) is 0 Å². The number of rotatable bonds is 2. The highest BCUT2D eigenvalue weighted by Gasteiger charge is 2.39. The maximum Gasteiger partial charge on any atom is 0.327 e. The van der Waals surface area contributed by atoms with Gasteiger partial charge in [-0.1, -0.05) is 27.7 Å². The lowest BCUT2D eigenvalue weighted by atomic mass is 9.86. The van der Waals surface area contributed by atoms with E-state index in [1.165, 1.54) is 0 Å². The molecule has 1 aromatic rings. The van der Waals surface area contributed by atoms with E-state index in [4.69, 9.17) is 0 Å². The second-order valence-corrected chi connectivity index (χ2v) is 4.92. The number of nitrogens with zero attached hydrogens (tertiary/aromatic N) is 2. The number of aromatic nitrogens is 2. The van der Waals surface area contributed by atoms with E-state index < -0.39 is 16.9 Å². The first-order chi connectivity index (χ1) is 7.86. The molecule has 0 aliphatic carbocycles. The zero-order valence-electron chi connectivity index (χ0n) is 10.4. The van der Waals surface area contributed by atoms with Crippen LogP contribution in [0.3, 0.4) is 0 Å². The van der Waals surface area contributed by atoms with E-state index in [9.17, 15) is 9.59 Å². The molecular formula is C11H16N4O2. The summed E-state index contributed by atoms with van der Waals surface area (Å²) in [7, 11) is 0. The summed E-state index contributed by atoms with van der Waals surface area (Å²) in [5.41, 5.74) is -1.38. The number of aromatic amines is 2. The van der Waals surface area contributed by atoms with Crippen molar-refractivity contribution >= 4 is 0 Å². The van der Waals surface area contributed by atoms with Crippen molar-refractivity contribution in [1.29, 1.82) is 0 Å². The van der Waals surface area contributed by atoms with Crippen LogP contribution in [0.2, 0.25) is 0 Å². The van der Waals surface area contributed by atoms with E-state index in [0.29, 0.717) is 5.49 Å². The molecule has 1 aliphatic rings. The molecule has 2 rings (SSSR count). The number of hydrogen-bond donors (Lipinski definition) is 2. The van der Waals surface area contributed by atoms with Gasteiger partial charge in [-0.25, -0.2) is 14.8 Å². The monoisotopic (exact) mass is 236 g/mol. The lowest BCUT2D eigenvalue weighted by Crippen LogP contribution is -2.46. The van der Waals surface area contributed by atoms with Crippen LogP contribution in [-0.2, 0) is 0 Å². The summed E-state index contributed by atoms with van der Waals surface area (Å²) in [5.74, 6) is 0.301. The van der Waals surface area contributed by atoms with Crippen LogP contribution < -0.4 is 22.1 Å². The predicted molar refractivity (Wildman–Crippen MR) is 62.4 cm³/mol. The maximum absolute atomic E-state index is 11.6. The highest BCUT2D eigenvalue weighted by atomic mass is 16.2. The molecule has 0 spiro atoms. The fraction of sp³-hybridized carbons (Fsp3) is 0.636. The van der Waals surface area contributed by atoms with Crippen molar-refractivity contribution in [3.8, 4) is 0 Å². The molecule has 0 saturated heterocycles. The van der Waals surface area contributed by atoms with Crippen molar-refractivity contribution in [1.82, 2.24) is 9.97 Å². The summed E-state index contributed by atoms with van der Waals surface area (Å²) in [4.78, 5) is 36.4. The average molecular weight is 236 g/mol. The molecule has 0 aromatic carbocycles. The van der Waals surface area contributed by atoms with Crippen LogP contribution in [0.4, 0.5) is 0 Å². The Balaban J connectivity index is 2.84. The van der Waals surface area contributed by atoms with Gasteiger partial charge in [0.1, 0.15) is 0 Å². The van der Waals surface area contributed by atoms with Crippen molar-refractivity contribution in [2.45, 2.75) is 33.4 Å². The third-order valence-electron chi connectivity index (χ3n) is 3.18. The van der Waals surface area contributed by atoms with E-state index in [1.54, 1.807) is 0 Å². The van der Waals surface area contributed by atoms with E-state index in [2.05, 4.69) is 20.0 Å². The molecule has 6 nitrogen and oxygen atoms in total.